The van der Waals surface area contributed by atoms with Crippen molar-refractivity contribution in [2.45, 2.75) is 103 Å². The fourth-order valence-corrected chi connectivity index (χ4v) is 7.21. The van der Waals surface area contributed by atoms with Gasteiger partial charge in [-0.3, -0.25) is 0 Å². The van der Waals surface area contributed by atoms with E-state index in [1.54, 1.807) is 6.07 Å². The Morgan fingerprint density at radius 2 is 1.81 bits per heavy atom. The van der Waals surface area contributed by atoms with Crippen LogP contribution in [0.4, 0.5) is 0 Å². The maximum absolute atomic E-state index is 13.1. The van der Waals surface area contributed by atoms with Gasteiger partial charge < -0.3 is 19.4 Å². The van der Waals surface area contributed by atoms with E-state index in [-0.39, 0.29) is 5.04 Å². The zero-order chi connectivity index (χ0) is 34.9. The second kappa shape index (κ2) is 14.1. The SMILES string of the molecule is CCC[C@@](O)(N[S@+]([O-])C(C)(C)C)c1cccc(-c2cc(C3=CCNCC3)c3cnn(-c4cccc(CO[Si](C)(C)C(C)(C)C)n4)c3c2)n1. The molecule has 0 unspecified atom stereocenters. The third-order valence-corrected chi connectivity index (χ3v) is 15.5. The minimum atomic E-state index is -1.95. The molecule has 1 aromatic carbocycles. The Balaban J connectivity index is 1.59. The van der Waals surface area contributed by atoms with Crippen LogP contribution in [0.15, 0.2) is 60.8 Å². The van der Waals surface area contributed by atoms with Gasteiger partial charge in [-0.15, -0.1) is 4.72 Å². The van der Waals surface area contributed by atoms with Gasteiger partial charge in [-0.25, -0.2) is 14.6 Å². The largest absolute Gasteiger partial charge is 0.598 e. The van der Waals surface area contributed by atoms with Crippen LogP contribution >= 0.6 is 0 Å². The molecule has 258 valence electrons. The van der Waals surface area contributed by atoms with Gasteiger partial charge in [0.15, 0.2) is 19.9 Å². The highest BCUT2D eigenvalue weighted by molar-refractivity contribution is 7.90. The van der Waals surface area contributed by atoms with Crippen molar-refractivity contribution in [1.82, 2.24) is 29.8 Å². The minimum Gasteiger partial charge on any atom is -0.598 e. The molecule has 3 aromatic heterocycles. The molecule has 0 spiro atoms. The predicted octanol–water partition coefficient (Wildman–Crippen LogP) is 7.38. The lowest BCUT2D eigenvalue weighted by molar-refractivity contribution is 0.0101. The number of aliphatic hydroxyl groups is 1. The Hall–Kier alpha value is -2.90. The fraction of sp³-hybridized carbons (Fsp3) is 0.486. The molecule has 2 atom stereocenters. The van der Waals surface area contributed by atoms with Crippen LogP contribution in [-0.2, 0) is 28.1 Å². The van der Waals surface area contributed by atoms with Crippen LogP contribution < -0.4 is 10.0 Å². The first-order valence-electron chi connectivity index (χ1n) is 16.9. The first-order valence-corrected chi connectivity index (χ1v) is 21.0. The molecule has 0 saturated heterocycles. The lowest BCUT2D eigenvalue weighted by Gasteiger charge is -2.36. The fourth-order valence-electron chi connectivity index (χ4n) is 5.45. The number of rotatable bonds is 11. The van der Waals surface area contributed by atoms with E-state index in [4.69, 9.17) is 19.5 Å². The molecule has 5 rings (SSSR count). The Bertz CT molecular complexity index is 1780. The van der Waals surface area contributed by atoms with Gasteiger partial charge in [0.1, 0.15) is 4.75 Å². The van der Waals surface area contributed by atoms with Crippen LogP contribution in [-0.4, -0.2) is 55.6 Å². The highest BCUT2D eigenvalue weighted by Gasteiger charge is 2.40. The van der Waals surface area contributed by atoms with Crippen LogP contribution in [0.2, 0.25) is 18.1 Å². The Morgan fingerprint density at radius 3 is 2.48 bits per heavy atom. The monoisotopic (exact) mass is 688 g/mol. The van der Waals surface area contributed by atoms with Gasteiger partial charge >= 0.3 is 0 Å². The van der Waals surface area contributed by atoms with Crippen LogP contribution in [0.1, 0.15) is 84.7 Å². The lowest BCUT2D eigenvalue weighted by atomic mass is 9.94. The van der Waals surface area contributed by atoms with Crippen LogP contribution in [0, 0.1) is 0 Å². The van der Waals surface area contributed by atoms with Gasteiger partial charge in [0.05, 0.1) is 35.4 Å². The first-order chi connectivity index (χ1) is 22.5. The van der Waals surface area contributed by atoms with Crippen molar-refractivity contribution >= 4 is 36.2 Å². The van der Waals surface area contributed by atoms with E-state index in [9.17, 15) is 9.66 Å². The summed E-state index contributed by atoms with van der Waals surface area (Å²) in [7, 11) is -1.95. The molecule has 1 aliphatic heterocycles. The van der Waals surface area contributed by atoms with Crippen molar-refractivity contribution in [2.24, 2.45) is 0 Å². The minimum absolute atomic E-state index is 0.107. The van der Waals surface area contributed by atoms with Gasteiger partial charge in [-0.1, -0.05) is 52.3 Å². The highest BCUT2D eigenvalue weighted by Crippen LogP contribution is 2.38. The Labute approximate surface area is 290 Å². The summed E-state index contributed by atoms with van der Waals surface area (Å²) in [5.74, 6) is 0.719. The second-order valence-electron chi connectivity index (χ2n) is 15.2. The second-order valence-corrected chi connectivity index (χ2v) is 22.0. The molecule has 3 N–H and O–H groups in total. The number of hydrogen-bond acceptors (Lipinski definition) is 8. The molecule has 1 aliphatic rings. The van der Waals surface area contributed by atoms with E-state index in [2.05, 4.69) is 62.1 Å². The van der Waals surface area contributed by atoms with Crippen molar-refractivity contribution in [2.75, 3.05) is 13.1 Å². The number of pyridine rings is 2. The van der Waals surface area contributed by atoms with Gasteiger partial charge in [-0.2, -0.15) is 5.10 Å². The topological polar surface area (TPSA) is 120 Å². The maximum atomic E-state index is 13.1. The van der Waals surface area contributed by atoms with Crippen molar-refractivity contribution in [3.8, 4) is 17.1 Å². The van der Waals surface area contributed by atoms with Crippen LogP contribution in [0.5, 0.6) is 0 Å². The standard InChI is InChI=1S/C37H52N6O3SSi/c1-10-19-37(44,42-47(45)35(2,3)4)33-15-12-14-31(41-33)27-22-29(26-17-20-38-21-18-26)30-24-39-43(32(30)23-27)34-16-11-13-28(40-34)25-46-48(8,9)36(5,6)7/h11-17,22-24,38,42,44H,10,18-21,25H2,1-9H3/t37-,47+/m0/s1. The number of nitrogens with one attached hydrogen (secondary N) is 2. The molecular weight excluding hydrogens is 637 g/mol. The molecule has 4 aromatic rings. The average molecular weight is 689 g/mol. The molecule has 0 amide bonds. The summed E-state index contributed by atoms with van der Waals surface area (Å²) < 4.78 is 24.0. The van der Waals surface area contributed by atoms with Gasteiger partial charge in [0, 0.05) is 28.9 Å². The number of hydrogen-bond donors (Lipinski definition) is 3. The molecule has 0 bridgehead atoms. The van der Waals surface area contributed by atoms with Crippen molar-refractivity contribution < 1.29 is 14.1 Å². The zero-order valence-corrected chi connectivity index (χ0v) is 31.8. The molecule has 48 heavy (non-hydrogen) atoms. The third kappa shape index (κ3) is 7.94. The maximum Gasteiger partial charge on any atom is 0.200 e. The average Bonchev–Trinajstić information content (AvgIpc) is 3.47. The summed E-state index contributed by atoms with van der Waals surface area (Å²) in [5.41, 5.74) is 4.64. The van der Waals surface area contributed by atoms with Crippen LogP contribution in [0.3, 0.4) is 0 Å². The number of fused-ring (bicyclic) bond motifs is 1. The lowest BCUT2D eigenvalue weighted by Crippen LogP contribution is -2.51. The molecule has 0 aliphatic carbocycles. The highest BCUT2D eigenvalue weighted by atomic mass is 32.2. The molecule has 0 saturated carbocycles. The van der Waals surface area contributed by atoms with E-state index in [1.807, 2.05) is 68.9 Å². The summed E-state index contributed by atoms with van der Waals surface area (Å²) in [6.45, 7) is 21.0. The Morgan fingerprint density at radius 1 is 1.06 bits per heavy atom. The normalized spacial score (nSPS) is 16.5. The van der Waals surface area contributed by atoms with Crippen molar-refractivity contribution in [1.29, 1.82) is 0 Å². The Kier molecular flexibility index (Phi) is 10.7. The summed E-state index contributed by atoms with van der Waals surface area (Å²) in [6, 6.07) is 15.9. The molecular formula is C37H52N6O3SSi. The third-order valence-electron chi connectivity index (χ3n) is 9.39. The van der Waals surface area contributed by atoms with E-state index in [0.717, 1.165) is 53.1 Å². The summed E-state index contributed by atoms with van der Waals surface area (Å²) >= 11 is -1.50. The smallest absolute Gasteiger partial charge is 0.200 e. The quantitative estimate of drug-likeness (QED) is 0.0849. The van der Waals surface area contributed by atoms with Gasteiger partial charge in [-0.05, 0) is 106 Å². The van der Waals surface area contributed by atoms with Crippen molar-refractivity contribution in [3.63, 3.8) is 0 Å². The summed E-state index contributed by atoms with van der Waals surface area (Å²) in [4.78, 5) is 9.99. The zero-order valence-electron chi connectivity index (χ0n) is 30.0. The molecule has 0 fully saturated rings. The summed E-state index contributed by atoms with van der Waals surface area (Å²) in [5, 5.41) is 21.3. The molecule has 0 radical (unpaired) electrons. The van der Waals surface area contributed by atoms with Crippen molar-refractivity contribution in [3.05, 3.63) is 77.8 Å². The van der Waals surface area contributed by atoms with Crippen LogP contribution in [0.25, 0.3) is 33.6 Å². The number of nitrogens with zero attached hydrogens (tertiary/aromatic N) is 4. The predicted molar refractivity (Wildman–Crippen MR) is 199 cm³/mol. The number of aromatic nitrogens is 4. The van der Waals surface area contributed by atoms with E-state index >= 15 is 0 Å². The van der Waals surface area contributed by atoms with E-state index in [1.165, 1.54) is 5.57 Å². The van der Waals surface area contributed by atoms with Gasteiger partial charge in [0.2, 0.25) is 0 Å². The van der Waals surface area contributed by atoms with Gasteiger partial charge in [0.25, 0.3) is 0 Å². The molecule has 11 heteroatoms. The summed E-state index contributed by atoms with van der Waals surface area (Å²) in [6.07, 6.45) is 6.11. The van der Waals surface area contributed by atoms with E-state index < -0.39 is 30.2 Å². The first kappa shape index (κ1) is 36.4. The molecule has 9 nitrogen and oxygen atoms in total. The number of benzene rings is 1. The van der Waals surface area contributed by atoms with E-state index in [0.29, 0.717) is 30.8 Å². The molecule has 4 heterocycles.